The number of carbonyl (C=O) groups excluding carboxylic acids is 1. The number of H-pyrrole nitrogens is 1. The summed E-state index contributed by atoms with van der Waals surface area (Å²) in [6, 6.07) is 5.13. The van der Waals surface area contributed by atoms with Crippen LogP contribution in [0.25, 0.3) is 10.9 Å². The van der Waals surface area contributed by atoms with E-state index >= 15 is 0 Å². The first-order chi connectivity index (χ1) is 14.5. The van der Waals surface area contributed by atoms with Crippen molar-refractivity contribution in [2.75, 3.05) is 6.54 Å². The molecule has 7 heteroatoms. The average Bonchev–Trinajstić information content (AvgIpc) is 2.65. The number of unbranched alkanes of at least 4 members (excludes halogenated alkanes) is 1. The van der Waals surface area contributed by atoms with Gasteiger partial charge in [-0.15, -0.1) is 0 Å². The fraction of sp³-hybridized carbons (Fsp3) is 0.625. The van der Waals surface area contributed by atoms with Crippen molar-refractivity contribution in [1.29, 1.82) is 0 Å². The van der Waals surface area contributed by atoms with Crippen LogP contribution in [0.5, 0.6) is 0 Å². The van der Waals surface area contributed by atoms with Gasteiger partial charge >= 0.3 is 5.69 Å². The minimum atomic E-state index is -0.450. The van der Waals surface area contributed by atoms with Crippen LogP contribution < -0.4 is 16.6 Å². The molecule has 2 heterocycles. The van der Waals surface area contributed by atoms with Gasteiger partial charge in [0, 0.05) is 35.8 Å². The molecule has 1 aliphatic rings. The molecule has 2 aromatic rings. The van der Waals surface area contributed by atoms with Crippen LogP contribution in [-0.2, 0) is 6.54 Å². The van der Waals surface area contributed by atoms with Gasteiger partial charge in [0.05, 0.1) is 10.9 Å². The van der Waals surface area contributed by atoms with E-state index in [1.165, 1.54) is 0 Å². The molecule has 31 heavy (non-hydrogen) atoms. The highest BCUT2D eigenvalue weighted by Gasteiger charge is 2.41. The molecule has 2 N–H and O–H groups in total. The van der Waals surface area contributed by atoms with Crippen LogP contribution in [0.15, 0.2) is 27.8 Å². The van der Waals surface area contributed by atoms with Crippen molar-refractivity contribution in [3.05, 3.63) is 44.6 Å². The Balaban J connectivity index is 2.01. The second-order valence-corrected chi connectivity index (χ2v) is 10.0. The summed E-state index contributed by atoms with van der Waals surface area (Å²) in [7, 11) is 0. The Hall–Kier alpha value is -2.41. The number of amides is 1. The van der Waals surface area contributed by atoms with E-state index in [1.807, 2.05) is 4.90 Å². The van der Waals surface area contributed by atoms with E-state index in [-0.39, 0.29) is 28.6 Å². The first-order valence-corrected chi connectivity index (χ1v) is 11.3. The van der Waals surface area contributed by atoms with Crippen molar-refractivity contribution in [2.45, 2.75) is 90.9 Å². The molecule has 1 saturated heterocycles. The van der Waals surface area contributed by atoms with Gasteiger partial charge in [-0.3, -0.25) is 14.2 Å². The van der Waals surface area contributed by atoms with Gasteiger partial charge in [0.15, 0.2) is 0 Å². The molecule has 7 nitrogen and oxygen atoms in total. The lowest BCUT2D eigenvalue weighted by Gasteiger charge is -2.49. The van der Waals surface area contributed by atoms with Crippen LogP contribution in [0.1, 0.15) is 77.6 Å². The normalized spacial score (nSPS) is 18.3. The lowest BCUT2D eigenvalue weighted by atomic mass is 9.78. The summed E-state index contributed by atoms with van der Waals surface area (Å²) in [4.78, 5) is 43.2. The fourth-order valence-electron chi connectivity index (χ4n) is 5.11. The van der Waals surface area contributed by atoms with Gasteiger partial charge < -0.3 is 15.2 Å². The highest BCUT2D eigenvalue weighted by Crippen LogP contribution is 2.32. The molecule has 170 valence electrons. The number of nitrogens with one attached hydrogen (secondary N) is 2. The Kier molecular flexibility index (Phi) is 6.46. The smallest absolute Gasteiger partial charge is 0.328 e. The number of carbonyl (C=O) groups is 1. The highest BCUT2D eigenvalue weighted by atomic mass is 16.2. The van der Waals surface area contributed by atoms with E-state index in [0.717, 1.165) is 30.3 Å². The Morgan fingerprint density at radius 1 is 1.13 bits per heavy atom. The lowest BCUT2D eigenvalue weighted by Crippen LogP contribution is -2.62. The van der Waals surface area contributed by atoms with Crippen LogP contribution in [0.2, 0.25) is 0 Å². The molecular weight excluding hydrogens is 392 g/mol. The molecule has 0 radical (unpaired) electrons. The average molecular weight is 429 g/mol. The van der Waals surface area contributed by atoms with Gasteiger partial charge in [-0.25, -0.2) is 4.79 Å². The van der Waals surface area contributed by atoms with Gasteiger partial charge in [0.2, 0.25) is 0 Å². The standard InChI is InChI=1S/C24H36N4O3/c1-7-9-12-28(17-14-23(3,4)26-24(5,6)15-17)20(29)16-10-11-18-19(13-16)25-22(31)27(8-2)21(18)30/h10-11,13,17,26H,7-9,12,14-15H2,1-6H3,(H,25,31). The van der Waals surface area contributed by atoms with Crippen molar-refractivity contribution >= 4 is 16.8 Å². The lowest BCUT2D eigenvalue weighted by molar-refractivity contribution is 0.0442. The van der Waals surface area contributed by atoms with Crippen molar-refractivity contribution in [1.82, 2.24) is 19.8 Å². The molecule has 1 aromatic carbocycles. The van der Waals surface area contributed by atoms with Crippen LogP contribution in [-0.4, -0.2) is 44.0 Å². The van der Waals surface area contributed by atoms with Crippen molar-refractivity contribution in [2.24, 2.45) is 0 Å². The molecule has 0 bridgehead atoms. The summed E-state index contributed by atoms with van der Waals surface area (Å²) in [6.07, 6.45) is 3.68. The zero-order valence-electron chi connectivity index (χ0n) is 19.7. The number of aromatic amines is 1. The molecule has 1 aromatic heterocycles. The number of rotatable bonds is 6. The van der Waals surface area contributed by atoms with E-state index in [9.17, 15) is 14.4 Å². The number of aromatic nitrogens is 2. The monoisotopic (exact) mass is 428 g/mol. The summed E-state index contributed by atoms with van der Waals surface area (Å²) in [5, 5.41) is 4.10. The number of hydrogen-bond acceptors (Lipinski definition) is 4. The van der Waals surface area contributed by atoms with Crippen molar-refractivity contribution in [3.63, 3.8) is 0 Å². The molecule has 0 atom stereocenters. The molecule has 1 fully saturated rings. The molecule has 0 unspecified atom stereocenters. The van der Waals surface area contributed by atoms with Crippen LogP contribution in [0.4, 0.5) is 0 Å². The third-order valence-electron chi connectivity index (χ3n) is 6.17. The maximum atomic E-state index is 13.6. The SMILES string of the molecule is CCCCN(C(=O)c1ccc2c(=O)n(CC)c(=O)[nH]c2c1)C1CC(C)(C)NC(C)(C)C1. The van der Waals surface area contributed by atoms with Crippen molar-refractivity contribution in [3.8, 4) is 0 Å². The number of piperidine rings is 1. The number of nitrogens with zero attached hydrogens (tertiary/aromatic N) is 2. The Bertz CT molecular complexity index is 1060. The van der Waals surface area contributed by atoms with E-state index < -0.39 is 5.69 Å². The third-order valence-corrected chi connectivity index (χ3v) is 6.17. The Labute approximate surface area is 183 Å². The zero-order chi connectivity index (χ0) is 23.0. The highest BCUT2D eigenvalue weighted by molar-refractivity contribution is 5.97. The van der Waals surface area contributed by atoms with E-state index in [1.54, 1.807) is 25.1 Å². The largest absolute Gasteiger partial charge is 0.336 e. The molecule has 3 rings (SSSR count). The molecule has 1 amide bonds. The summed E-state index contributed by atoms with van der Waals surface area (Å²) in [5.74, 6) is -0.0469. The molecule has 0 spiro atoms. The summed E-state index contributed by atoms with van der Waals surface area (Å²) in [5.41, 5.74) is -0.0122. The number of fused-ring (bicyclic) bond motifs is 1. The van der Waals surface area contributed by atoms with Crippen LogP contribution in [0.3, 0.4) is 0 Å². The number of hydrogen-bond donors (Lipinski definition) is 2. The van der Waals surface area contributed by atoms with Gasteiger partial charge in [-0.05, 0) is 72.1 Å². The van der Waals surface area contributed by atoms with E-state index in [4.69, 9.17) is 0 Å². The summed E-state index contributed by atoms with van der Waals surface area (Å²) in [6.45, 7) is 13.6. The van der Waals surface area contributed by atoms with Gasteiger partial charge in [0.1, 0.15) is 0 Å². The maximum Gasteiger partial charge on any atom is 0.328 e. The summed E-state index contributed by atoms with van der Waals surface area (Å²) < 4.78 is 1.16. The Morgan fingerprint density at radius 2 is 1.77 bits per heavy atom. The third kappa shape index (κ3) is 4.92. The quantitative estimate of drug-likeness (QED) is 0.739. The molecule has 0 aliphatic carbocycles. The van der Waals surface area contributed by atoms with Crippen LogP contribution >= 0.6 is 0 Å². The number of benzene rings is 1. The second kappa shape index (κ2) is 8.61. The first kappa shape index (κ1) is 23.3. The van der Waals surface area contributed by atoms with Crippen molar-refractivity contribution < 1.29 is 4.79 Å². The summed E-state index contributed by atoms with van der Waals surface area (Å²) >= 11 is 0. The maximum absolute atomic E-state index is 13.6. The minimum Gasteiger partial charge on any atom is -0.336 e. The van der Waals surface area contributed by atoms with Gasteiger partial charge in [-0.1, -0.05) is 13.3 Å². The van der Waals surface area contributed by atoms with E-state index in [0.29, 0.717) is 29.6 Å². The first-order valence-electron chi connectivity index (χ1n) is 11.3. The zero-order valence-corrected chi connectivity index (χ0v) is 19.7. The van der Waals surface area contributed by atoms with Crippen LogP contribution in [0, 0.1) is 0 Å². The predicted molar refractivity (Wildman–Crippen MR) is 125 cm³/mol. The minimum absolute atomic E-state index is 0.0469. The second-order valence-electron chi connectivity index (χ2n) is 10.0. The Morgan fingerprint density at radius 3 is 2.35 bits per heavy atom. The topological polar surface area (TPSA) is 87.2 Å². The molecular formula is C24H36N4O3. The van der Waals surface area contributed by atoms with Gasteiger partial charge in [-0.2, -0.15) is 0 Å². The van der Waals surface area contributed by atoms with Gasteiger partial charge in [0.25, 0.3) is 11.5 Å². The van der Waals surface area contributed by atoms with E-state index in [2.05, 4.69) is 44.9 Å². The fourth-order valence-corrected chi connectivity index (χ4v) is 5.11. The molecule has 0 saturated carbocycles. The molecule has 1 aliphatic heterocycles. The predicted octanol–water partition coefficient (Wildman–Crippen LogP) is 3.26.